The number of nitrogens with zero attached hydrogens (tertiary/aromatic N) is 3. The van der Waals surface area contributed by atoms with Crippen LogP contribution in [0.25, 0.3) is 10.2 Å². The molecule has 8 heteroatoms. The van der Waals surface area contributed by atoms with Gasteiger partial charge in [0.05, 0.1) is 21.7 Å². The van der Waals surface area contributed by atoms with Gasteiger partial charge >= 0.3 is 0 Å². The lowest BCUT2D eigenvalue weighted by atomic mass is 10.1. The first-order valence-electron chi connectivity index (χ1n) is 12.6. The minimum absolute atomic E-state index is 0.197. The Kier molecular flexibility index (Phi) is 8.42. The van der Waals surface area contributed by atoms with Gasteiger partial charge in [0.25, 0.3) is 5.91 Å². The molecule has 0 N–H and O–H groups in total. The average molecular weight is 536 g/mol. The summed E-state index contributed by atoms with van der Waals surface area (Å²) in [5.74, 6) is -0.223. The zero-order chi connectivity index (χ0) is 26.6. The Morgan fingerprint density at radius 2 is 1.65 bits per heavy atom. The largest absolute Gasteiger partial charge is 0.279 e. The van der Waals surface area contributed by atoms with Crippen LogP contribution in [0.15, 0.2) is 71.6 Å². The number of aromatic nitrogens is 1. The molecular formula is C29H33N3O3S2. The first-order valence-corrected chi connectivity index (χ1v) is 14.8. The number of benzene rings is 3. The van der Waals surface area contributed by atoms with Gasteiger partial charge in [0, 0.05) is 18.7 Å². The molecule has 3 aromatic carbocycles. The van der Waals surface area contributed by atoms with Gasteiger partial charge in [-0.05, 0) is 67.3 Å². The molecule has 0 unspecified atom stereocenters. The van der Waals surface area contributed by atoms with Gasteiger partial charge < -0.3 is 0 Å². The first-order chi connectivity index (χ1) is 17.8. The number of carbonyl (C=O) groups excluding carboxylic acids is 1. The van der Waals surface area contributed by atoms with Crippen molar-refractivity contribution in [3.05, 3.63) is 89.0 Å². The molecule has 194 valence electrons. The molecule has 0 saturated carbocycles. The second kappa shape index (κ2) is 11.5. The summed E-state index contributed by atoms with van der Waals surface area (Å²) in [4.78, 5) is 20.5. The summed E-state index contributed by atoms with van der Waals surface area (Å²) in [5, 5.41) is 0.617. The Morgan fingerprint density at radius 3 is 2.30 bits per heavy atom. The molecule has 0 saturated heterocycles. The van der Waals surface area contributed by atoms with Gasteiger partial charge in [0.2, 0.25) is 10.0 Å². The molecule has 0 atom stereocenters. The second-order valence-corrected chi connectivity index (χ2v) is 12.0. The predicted molar refractivity (Wildman–Crippen MR) is 152 cm³/mol. The lowest BCUT2D eigenvalue weighted by Gasteiger charge is -2.22. The number of rotatable bonds is 10. The number of carbonyl (C=O) groups is 1. The normalized spacial score (nSPS) is 11.8. The minimum atomic E-state index is -3.61. The van der Waals surface area contributed by atoms with Crippen molar-refractivity contribution in [3.63, 3.8) is 0 Å². The second-order valence-electron chi connectivity index (χ2n) is 9.10. The van der Waals surface area contributed by atoms with Crippen LogP contribution in [0.5, 0.6) is 0 Å². The third-order valence-corrected chi connectivity index (χ3v) is 9.62. The van der Waals surface area contributed by atoms with E-state index < -0.39 is 10.0 Å². The Morgan fingerprint density at radius 1 is 0.946 bits per heavy atom. The molecule has 1 amide bonds. The van der Waals surface area contributed by atoms with E-state index in [2.05, 4.69) is 13.0 Å². The number of hydrogen-bond acceptors (Lipinski definition) is 5. The lowest BCUT2D eigenvalue weighted by molar-refractivity contribution is 0.0985. The van der Waals surface area contributed by atoms with Crippen LogP contribution in [0.3, 0.4) is 0 Å². The number of thiazole rings is 1. The highest BCUT2D eigenvalue weighted by Gasteiger charge is 2.25. The molecule has 4 aromatic rings. The Bertz CT molecular complexity index is 1480. The van der Waals surface area contributed by atoms with Crippen LogP contribution >= 0.6 is 11.3 Å². The number of unbranched alkanes of at least 4 members (excludes halogenated alkanes) is 1. The summed E-state index contributed by atoms with van der Waals surface area (Å²) < 4.78 is 28.8. The first kappa shape index (κ1) is 27.0. The molecule has 6 nitrogen and oxygen atoms in total. The Balaban J connectivity index is 1.69. The molecule has 4 rings (SSSR count). The summed E-state index contributed by atoms with van der Waals surface area (Å²) in [6, 6.07) is 20.2. The van der Waals surface area contributed by atoms with Crippen LogP contribution in [-0.4, -0.2) is 36.7 Å². The quantitative estimate of drug-likeness (QED) is 0.230. The van der Waals surface area contributed by atoms with E-state index in [1.54, 1.807) is 17.0 Å². The summed E-state index contributed by atoms with van der Waals surface area (Å²) in [7, 11) is -3.61. The van der Waals surface area contributed by atoms with Gasteiger partial charge in [-0.1, -0.05) is 68.0 Å². The van der Waals surface area contributed by atoms with Gasteiger partial charge in [0.15, 0.2) is 5.13 Å². The van der Waals surface area contributed by atoms with Crippen molar-refractivity contribution < 1.29 is 13.2 Å². The lowest BCUT2D eigenvalue weighted by Crippen LogP contribution is -2.32. The fourth-order valence-electron chi connectivity index (χ4n) is 4.18. The van der Waals surface area contributed by atoms with Crippen LogP contribution in [0.2, 0.25) is 0 Å². The zero-order valence-corrected chi connectivity index (χ0v) is 23.4. The van der Waals surface area contributed by atoms with Crippen molar-refractivity contribution in [1.82, 2.24) is 9.29 Å². The summed E-state index contributed by atoms with van der Waals surface area (Å²) in [6.45, 7) is 9.23. The van der Waals surface area contributed by atoms with Crippen molar-refractivity contribution in [1.29, 1.82) is 0 Å². The van der Waals surface area contributed by atoms with Crippen LogP contribution in [0.1, 0.15) is 53.7 Å². The van der Waals surface area contributed by atoms with Crippen molar-refractivity contribution in [2.24, 2.45) is 0 Å². The fourth-order valence-corrected chi connectivity index (χ4v) is 6.69. The molecule has 1 heterocycles. The molecule has 0 radical (unpaired) electrons. The maximum absolute atomic E-state index is 13.8. The summed E-state index contributed by atoms with van der Waals surface area (Å²) in [5.41, 5.74) is 4.56. The minimum Gasteiger partial charge on any atom is -0.279 e. The maximum Gasteiger partial charge on any atom is 0.260 e. The number of aryl methyl sites for hydroxylation is 2. The zero-order valence-electron chi connectivity index (χ0n) is 21.8. The average Bonchev–Trinajstić information content (AvgIpc) is 3.35. The van der Waals surface area contributed by atoms with E-state index in [9.17, 15) is 13.2 Å². The molecule has 1 aromatic heterocycles. The third-order valence-electron chi connectivity index (χ3n) is 6.59. The number of sulfonamides is 1. The van der Waals surface area contributed by atoms with E-state index in [0.717, 1.165) is 39.7 Å². The SMILES string of the molecule is CCCCN(CC)S(=O)(=O)c1ccc(C(=O)N(Cc2ccccc2)c2nc3c(C)c(C)ccc3s2)cc1. The van der Waals surface area contributed by atoms with Crippen LogP contribution in [0, 0.1) is 13.8 Å². The molecule has 0 fully saturated rings. The monoisotopic (exact) mass is 535 g/mol. The molecule has 37 heavy (non-hydrogen) atoms. The van der Waals surface area contributed by atoms with E-state index in [0.29, 0.717) is 30.3 Å². The maximum atomic E-state index is 13.8. The smallest absolute Gasteiger partial charge is 0.260 e. The van der Waals surface area contributed by atoms with Crippen molar-refractivity contribution >= 4 is 42.6 Å². The number of anilines is 1. The van der Waals surface area contributed by atoms with Gasteiger partial charge in [-0.2, -0.15) is 4.31 Å². The highest BCUT2D eigenvalue weighted by Crippen LogP contribution is 2.33. The van der Waals surface area contributed by atoms with Crippen molar-refractivity contribution in [2.45, 2.75) is 52.0 Å². The standard InChI is InChI=1S/C29H33N3O3S2/c1-5-7-19-31(6-2)37(34,35)25-16-14-24(15-17-25)28(33)32(20-23-11-9-8-10-12-23)29-30-27-22(4)21(3)13-18-26(27)36-29/h8-18H,5-7,19-20H2,1-4H3. The topological polar surface area (TPSA) is 70.6 Å². The van der Waals surface area contributed by atoms with Gasteiger partial charge in [-0.3, -0.25) is 9.69 Å². The van der Waals surface area contributed by atoms with E-state index in [-0.39, 0.29) is 10.8 Å². The van der Waals surface area contributed by atoms with E-state index in [4.69, 9.17) is 4.98 Å². The van der Waals surface area contributed by atoms with E-state index in [1.165, 1.54) is 27.8 Å². The van der Waals surface area contributed by atoms with Crippen molar-refractivity contribution in [3.8, 4) is 0 Å². The number of amides is 1. The molecule has 0 aliphatic heterocycles. The van der Waals surface area contributed by atoms with Crippen molar-refractivity contribution in [2.75, 3.05) is 18.0 Å². The van der Waals surface area contributed by atoms with Gasteiger partial charge in [-0.15, -0.1) is 0 Å². The van der Waals surface area contributed by atoms with E-state index >= 15 is 0 Å². The number of fused-ring (bicyclic) bond motifs is 1. The summed E-state index contributed by atoms with van der Waals surface area (Å²) in [6.07, 6.45) is 1.72. The number of hydrogen-bond donors (Lipinski definition) is 0. The van der Waals surface area contributed by atoms with Crippen LogP contribution < -0.4 is 4.90 Å². The Labute approximate surface area is 223 Å². The van der Waals surface area contributed by atoms with E-state index in [1.807, 2.05) is 57.2 Å². The van der Waals surface area contributed by atoms with Crippen LogP contribution in [-0.2, 0) is 16.6 Å². The summed E-state index contributed by atoms with van der Waals surface area (Å²) >= 11 is 1.48. The molecule has 0 bridgehead atoms. The molecule has 0 aliphatic rings. The third kappa shape index (κ3) is 5.76. The highest BCUT2D eigenvalue weighted by atomic mass is 32.2. The van der Waals surface area contributed by atoms with Crippen LogP contribution in [0.4, 0.5) is 5.13 Å². The fraction of sp³-hybridized carbons (Fsp3) is 0.310. The van der Waals surface area contributed by atoms with Gasteiger partial charge in [0.1, 0.15) is 0 Å². The predicted octanol–water partition coefficient (Wildman–Crippen LogP) is 6.57. The van der Waals surface area contributed by atoms with Gasteiger partial charge in [-0.25, -0.2) is 13.4 Å². The molecule has 0 aliphatic carbocycles. The molecular weight excluding hydrogens is 502 g/mol. The Hall–Kier alpha value is -3.07. The highest BCUT2D eigenvalue weighted by molar-refractivity contribution is 7.89. The molecule has 0 spiro atoms.